The maximum atomic E-state index is 12.4. The summed E-state index contributed by atoms with van der Waals surface area (Å²) in [4.78, 5) is 32.1. The molecule has 1 aliphatic rings. The molecule has 3 aromatic rings. The number of rotatable bonds is 10. The summed E-state index contributed by atoms with van der Waals surface area (Å²) in [6, 6.07) is 7.06. The molecule has 9 heteroatoms. The minimum absolute atomic E-state index is 0.112. The molecule has 0 bridgehead atoms. The van der Waals surface area contributed by atoms with Gasteiger partial charge in [0.2, 0.25) is 0 Å². The molecule has 1 saturated heterocycles. The second-order valence-electron chi connectivity index (χ2n) is 10.1. The molecule has 194 valence electrons. The molecule has 0 spiro atoms. The number of aliphatic hydroxyl groups excluding tert-OH is 1. The quantitative estimate of drug-likeness (QED) is 0.369. The average molecular weight is 497 g/mol. The van der Waals surface area contributed by atoms with E-state index in [1.165, 1.54) is 0 Å². The van der Waals surface area contributed by atoms with Gasteiger partial charge in [0.05, 0.1) is 30.4 Å². The lowest BCUT2D eigenvalue weighted by Gasteiger charge is -2.20. The lowest BCUT2D eigenvalue weighted by atomic mass is 10.1. The molecule has 3 N–H and O–H groups in total. The van der Waals surface area contributed by atoms with Crippen molar-refractivity contribution in [2.24, 2.45) is 11.8 Å². The summed E-state index contributed by atoms with van der Waals surface area (Å²) >= 11 is 0. The average Bonchev–Trinajstić information content (AvgIpc) is 3.47. The molecule has 0 aliphatic carbocycles. The van der Waals surface area contributed by atoms with Crippen LogP contribution in [0.15, 0.2) is 35.3 Å². The van der Waals surface area contributed by atoms with Gasteiger partial charge in [-0.1, -0.05) is 19.9 Å². The van der Waals surface area contributed by atoms with Crippen LogP contribution in [0.3, 0.4) is 0 Å². The zero-order valence-electron chi connectivity index (χ0n) is 21.4. The third-order valence-corrected chi connectivity index (χ3v) is 6.45. The summed E-state index contributed by atoms with van der Waals surface area (Å²) in [7, 11) is 0. The highest BCUT2D eigenvalue weighted by Gasteiger charge is 2.25. The van der Waals surface area contributed by atoms with E-state index >= 15 is 0 Å². The van der Waals surface area contributed by atoms with Gasteiger partial charge in [0.25, 0.3) is 5.56 Å². The fourth-order valence-electron chi connectivity index (χ4n) is 4.42. The number of aliphatic hydroxyl groups is 1. The second kappa shape index (κ2) is 11.4. The zero-order valence-corrected chi connectivity index (χ0v) is 21.4. The minimum Gasteiger partial charge on any atom is -0.464 e. The molecule has 1 aromatic carbocycles. The highest BCUT2D eigenvalue weighted by Crippen LogP contribution is 2.28. The summed E-state index contributed by atoms with van der Waals surface area (Å²) in [5.41, 5.74) is 4.12. The lowest BCUT2D eigenvalue weighted by Crippen LogP contribution is -2.45. The monoisotopic (exact) mass is 496 g/mol. The van der Waals surface area contributed by atoms with Crippen molar-refractivity contribution < 1.29 is 19.4 Å². The Balaban J connectivity index is 1.61. The standard InChI is InChI=1S/C27H36N4O5/c1-16(2)14-36-27(34)24(18(4)32)28-11-19-5-6-23-22(10-19)30-25(21-9-17(3)26(33)29-12-21)31(23)13-20-7-8-35-15-20/h5-6,9-10,12,16,18,20,24,28,32H,7-8,11,13-15H2,1-4H3,(H,29,33). The van der Waals surface area contributed by atoms with Crippen molar-refractivity contribution in [1.82, 2.24) is 19.9 Å². The molecule has 2 aromatic heterocycles. The van der Waals surface area contributed by atoms with Gasteiger partial charge in [0.1, 0.15) is 11.9 Å². The smallest absolute Gasteiger partial charge is 0.325 e. The third kappa shape index (κ3) is 6.03. The zero-order chi connectivity index (χ0) is 25.8. The molecule has 36 heavy (non-hydrogen) atoms. The van der Waals surface area contributed by atoms with Gasteiger partial charge in [-0.3, -0.25) is 14.9 Å². The van der Waals surface area contributed by atoms with Crippen molar-refractivity contribution in [3.05, 3.63) is 51.9 Å². The number of H-pyrrole nitrogens is 1. The number of aromatic nitrogens is 3. The number of aryl methyl sites for hydroxylation is 1. The number of imidazole rings is 1. The largest absolute Gasteiger partial charge is 0.464 e. The number of hydrogen-bond acceptors (Lipinski definition) is 7. The van der Waals surface area contributed by atoms with E-state index in [0.717, 1.165) is 54.2 Å². The van der Waals surface area contributed by atoms with E-state index in [1.54, 1.807) is 20.0 Å². The number of aromatic amines is 1. The first kappa shape index (κ1) is 26.1. The molecule has 0 radical (unpaired) electrons. The van der Waals surface area contributed by atoms with E-state index in [-0.39, 0.29) is 11.5 Å². The Bertz CT molecular complexity index is 1260. The van der Waals surface area contributed by atoms with Gasteiger partial charge in [-0.25, -0.2) is 4.98 Å². The van der Waals surface area contributed by atoms with Crippen LogP contribution in [0.4, 0.5) is 0 Å². The van der Waals surface area contributed by atoms with E-state index in [9.17, 15) is 14.7 Å². The third-order valence-electron chi connectivity index (χ3n) is 6.45. The SMILES string of the molecule is Cc1cc(-c2nc3cc(CNC(C(=O)OCC(C)C)C(C)O)ccc3n2CC2CCOC2)c[nH]c1=O. The Morgan fingerprint density at radius 3 is 2.81 bits per heavy atom. The molecule has 4 rings (SSSR count). The lowest BCUT2D eigenvalue weighted by molar-refractivity contribution is -0.150. The molecular formula is C27H36N4O5. The maximum absolute atomic E-state index is 12.4. The number of hydrogen-bond donors (Lipinski definition) is 3. The Labute approximate surface area is 210 Å². The number of carbonyl (C=O) groups is 1. The number of esters is 1. The van der Waals surface area contributed by atoms with Crippen LogP contribution in [0.1, 0.15) is 38.3 Å². The van der Waals surface area contributed by atoms with E-state index in [1.807, 2.05) is 38.1 Å². The predicted molar refractivity (Wildman–Crippen MR) is 138 cm³/mol. The Kier molecular flexibility index (Phi) is 8.23. The van der Waals surface area contributed by atoms with E-state index in [0.29, 0.717) is 24.6 Å². The molecule has 1 fully saturated rings. The highest BCUT2D eigenvalue weighted by molar-refractivity contribution is 5.81. The summed E-state index contributed by atoms with van der Waals surface area (Å²) in [6.07, 6.45) is 1.81. The Morgan fingerprint density at radius 2 is 2.14 bits per heavy atom. The predicted octanol–water partition coefficient (Wildman–Crippen LogP) is 2.77. The summed E-state index contributed by atoms with van der Waals surface area (Å²) in [5.74, 6) is 0.950. The molecular weight excluding hydrogens is 460 g/mol. The molecule has 3 atom stereocenters. The van der Waals surface area contributed by atoms with Crippen LogP contribution in [0, 0.1) is 18.8 Å². The number of nitrogens with one attached hydrogen (secondary N) is 2. The topological polar surface area (TPSA) is 118 Å². The molecule has 3 unspecified atom stereocenters. The van der Waals surface area contributed by atoms with Crippen LogP contribution in [-0.2, 0) is 27.4 Å². The first-order chi connectivity index (χ1) is 17.2. The van der Waals surface area contributed by atoms with Crippen LogP contribution in [-0.4, -0.2) is 57.6 Å². The normalized spacial score (nSPS) is 17.6. The number of ether oxygens (including phenoxy) is 2. The first-order valence-electron chi connectivity index (χ1n) is 12.6. The summed E-state index contributed by atoms with van der Waals surface area (Å²) in [5, 5.41) is 13.3. The van der Waals surface area contributed by atoms with Crippen LogP contribution < -0.4 is 10.9 Å². The number of pyridine rings is 1. The number of benzene rings is 1. The van der Waals surface area contributed by atoms with Gasteiger partial charge in [0, 0.05) is 42.9 Å². The van der Waals surface area contributed by atoms with Crippen molar-refractivity contribution >= 4 is 17.0 Å². The fraction of sp³-hybridized carbons (Fsp3) is 0.519. The van der Waals surface area contributed by atoms with Gasteiger partial charge in [0.15, 0.2) is 0 Å². The van der Waals surface area contributed by atoms with E-state index in [2.05, 4.69) is 14.9 Å². The molecule has 0 saturated carbocycles. The van der Waals surface area contributed by atoms with Gasteiger partial charge >= 0.3 is 5.97 Å². The molecule has 1 aliphatic heterocycles. The van der Waals surface area contributed by atoms with Crippen LogP contribution >= 0.6 is 0 Å². The summed E-state index contributed by atoms with van der Waals surface area (Å²) in [6.45, 7) is 10.2. The second-order valence-corrected chi connectivity index (χ2v) is 10.1. The van der Waals surface area contributed by atoms with Crippen molar-refractivity contribution in [2.45, 2.75) is 59.4 Å². The van der Waals surface area contributed by atoms with Gasteiger partial charge < -0.3 is 24.1 Å². The summed E-state index contributed by atoms with van der Waals surface area (Å²) < 4.78 is 13.1. The Hall–Kier alpha value is -3.01. The van der Waals surface area contributed by atoms with Crippen LogP contribution in [0.25, 0.3) is 22.4 Å². The van der Waals surface area contributed by atoms with Crippen molar-refractivity contribution in [1.29, 1.82) is 0 Å². The minimum atomic E-state index is -0.892. The van der Waals surface area contributed by atoms with Gasteiger partial charge in [-0.05, 0) is 49.9 Å². The highest BCUT2D eigenvalue weighted by atomic mass is 16.5. The first-order valence-corrected chi connectivity index (χ1v) is 12.6. The molecule has 0 amide bonds. The van der Waals surface area contributed by atoms with Crippen molar-refractivity contribution in [3.63, 3.8) is 0 Å². The maximum Gasteiger partial charge on any atom is 0.325 e. The van der Waals surface area contributed by atoms with Crippen LogP contribution in [0.5, 0.6) is 0 Å². The number of fused-ring (bicyclic) bond motifs is 1. The van der Waals surface area contributed by atoms with Crippen LogP contribution in [0.2, 0.25) is 0 Å². The number of nitrogens with zero attached hydrogens (tertiary/aromatic N) is 2. The molecule has 3 heterocycles. The van der Waals surface area contributed by atoms with Gasteiger partial charge in [-0.2, -0.15) is 0 Å². The van der Waals surface area contributed by atoms with E-state index < -0.39 is 18.1 Å². The Morgan fingerprint density at radius 1 is 1.33 bits per heavy atom. The number of carbonyl (C=O) groups excluding carboxylic acids is 1. The van der Waals surface area contributed by atoms with Crippen molar-refractivity contribution in [3.8, 4) is 11.4 Å². The molecule has 9 nitrogen and oxygen atoms in total. The van der Waals surface area contributed by atoms with Crippen molar-refractivity contribution in [2.75, 3.05) is 19.8 Å². The van der Waals surface area contributed by atoms with Gasteiger partial charge in [-0.15, -0.1) is 0 Å². The fourth-order valence-corrected chi connectivity index (χ4v) is 4.42. The van der Waals surface area contributed by atoms with E-state index in [4.69, 9.17) is 14.5 Å².